The molecule has 0 aliphatic heterocycles. The van der Waals surface area contributed by atoms with E-state index in [0.29, 0.717) is 5.56 Å². The second kappa shape index (κ2) is 5.23. The van der Waals surface area contributed by atoms with Crippen molar-refractivity contribution in [1.82, 2.24) is 0 Å². The molecule has 0 radical (unpaired) electrons. The van der Waals surface area contributed by atoms with Gasteiger partial charge in [0.2, 0.25) is 0 Å². The highest BCUT2D eigenvalue weighted by atomic mass is 35.5. The molecule has 0 aliphatic carbocycles. The van der Waals surface area contributed by atoms with Crippen LogP contribution in [0.5, 0.6) is 0 Å². The van der Waals surface area contributed by atoms with E-state index in [1.807, 2.05) is 0 Å². The fraction of sp³-hybridized carbons (Fsp3) is 0.455. The summed E-state index contributed by atoms with van der Waals surface area (Å²) in [6.07, 6.45) is -5.74. The highest BCUT2D eigenvalue weighted by Gasteiger charge is 2.29. The van der Waals surface area contributed by atoms with E-state index >= 15 is 0 Å². The smallest absolute Gasteiger partial charge is 0.324 e. The van der Waals surface area contributed by atoms with Crippen molar-refractivity contribution >= 4 is 11.6 Å². The SMILES string of the molecule is Cc1ccc(F)c([C@H](N)CCC(F)(F)F)c1Cl. The minimum Gasteiger partial charge on any atom is -0.324 e. The molecule has 0 fully saturated rings. The number of alkyl halides is 3. The fourth-order valence-corrected chi connectivity index (χ4v) is 1.78. The molecule has 0 bridgehead atoms. The number of hydrogen-bond donors (Lipinski definition) is 1. The molecule has 0 aromatic heterocycles. The summed E-state index contributed by atoms with van der Waals surface area (Å²) in [6, 6.07) is 1.56. The summed E-state index contributed by atoms with van der Waals surface area (Å²) in [5, 5.41) is 0.0969. The maximum atomic E-state index is 13.5. The lowest BCUT2D eigenvalue weighted by atomic mass is 10.00. The third-order valence-electron chi connectivity index (χ3n) is 2.43. The van der Waals surface area contributed by atoms with Crippen LogP contribution in [-0.2, 0) is 0 Å². The Morgan fingerprint density at radius 1 is 1.35 bits per heavy atom. The van der Waals surface area contributed by atoms with Gasteiger partial charge in [-0.3, -0.25) is 0 Å². The first-order valence-electron chi connectivity index (χ1n) is 4.99. The third-order valence-corrected chi connectivity index (χ3v) is 2.93. The Balaban J connectivity index is 2.89. The first-order chi connectivity index (χ1) is 7.72. The number of benzene rings is 1. The zero-order valence-electron chi connectivity index (χ0n) is 9.11. The average molecular weight is 270 g/mol. The molecule has 0 heterocycles. The van der Waals surface area contributed by atoms with Gasteiger partial charge in [-0.2, -0.15) is 13.2 Å². The summed E-state index contributed by atoms with van der Waals surface area (Å²) >= 11 is 5.84. The minimum atomic E-state index is -4.30. The normalized spacial score (nSPS) is 13.8. The maximum absolute atomic E-state index is 13.5. The Labute approximate surface area is 102 Å². The quantitative estimate of drug-likeness (QED) is 0.821. The van der Waals surface area contributed by atoms with Crippen molar-refractivity contribution in [3.8, 4) is 0 Å². The molecule has 1 atom stereocenters. The van der Waals surface area contributed by atoms with Crippen LogP contribution in [0.15, 0.2) is 12.1 Å². The third kappa shape index (κ3) is 3.85. The topological polar surface area (TPSA) is 26.0 Å². The van der Waals surface area contributed by atoms with Gasteiger partial charge in [0, 0.05) is 18.0 Å². The molecule has 0 unspecified atom stereocenters. The molecule has 2 N–H and O–H groups in total. The van der Waals surface area contributed by atoms with Gasteiger partial charge in [-0.1, -0.05) is 17.7 Å². The van der Waals surface area contributed by atoms with Crippen LogP contribution in [-0.4, -0.2) is 6.18 Å². The lowest BCUT2D eigenvalue weighted by Gasteiger charge is -2.16. The fourth-order valence-electron chi connectivity index (χ4n) is 1.48. The number of halogens is 5. The van der Waals surface area contributed by atoms with Gasteiger partial charge in [-0.05, 0) is 25.0 Å². The van der Waals surface area contributed by atoms with Crippen LogP contribution in [0.4, 0.5) is 17.6 Å². The molecule has 0 aliphatic rings. The standard InChI is InChI=1S/C11H12ClF4N/c1-6-2-3-7(13)9(10(6)12)8(17)4-5-11(14,15)16/h2-3,8H,4-5,17H2,1H3/t8-/m1/s1. The number of nitrogens with two attached hydrogens (primary N) is 1. The predicted molar refractivity (Wildman–Crippen MR) is 58.4 cm³/mol. The van der Waals surface area contributed by atoms with Crippen LogP contribution in [0.25, 0.3) is 0 Å². The first-order valence-corrected chi connectivity index (χ1v) is 5.37. The van der Waals surface area contributed by atoms with Gasteiger partial charge in [-0.25, -0.2) is 4.39 Å². The largest absolute Gasteiger partial charge is 0.389 e. The van der Waals surface area contributed by atoms with Crippen LogP contribution >= 0.6 is 11.6 Å². The summed E-state index contributed by atoms with van der Waals surface area (Å²) in [5.41, 5.74) is 6.09. The van der Waals surface area contributed by atoms with E-state index in [1.54, 1.807) is 6.92 Å². The number of aryl methyl sites for hydroxylation is 1. The molecule has 0 amide bonds. The van der Waals surface area contributed by atoms with Crippen molar-refractivity contribution in [3.63, 3.8) is 0 Å². The van der Waals surface area contributed by atoms with Gasteiger partial charge in [0.15, 0.2) is 0 Å². The Morgan fingerprint density at radius 3 is 2.47 bits per heavy atom. The Morgan fingerprint density at radius 2 is 1.94 bits per heavy atom. The molecule has 17 heavy (non-hydrogen) atoms. The first kappa shape index (κ1) is 14.3. The van der Waals surface area contributed by atoms with E-state index in [1.165, 1.54) is 6.07 Å². The lowest BCUT2D eigenvalue weighted by Crippen LogP contribution is -2.17. The van der Waals surface area contributed by atoms with Crippen molar-refractivity contribution in [2.24, 2.45) is 5.73 Å². The molecule has 96 valence electrons. The molecule has 1 aromatic rings. The Hall–Kier alpha value is -0.810. The van der Waals surface area contributed by atoms with Gasteiger partial charge in [0.1, 0.15) is 5.82 Å². The van der Waals surface area contributed by atoms with Crippen LogP contribution < -0.4 is 5.73 Å². The highest BCUT2D eigenvalue weighted by molar-refractivity contribution is 6.32. The van der Waals surface area contributed by atoms with Crippen LogP contribution in [0.2, 0.25) is 5.02 Å². The summed E-state index contributed by atoms with van der Waals surface area (Å²) in [4.78, 5) is 0. The Kier molecular flexibility index (Phi) is 4.38. The van der Waals surface area contributed by atoms with E-state index in [9.17, 15) is 17.6 Å². The molecular formula is C11H12ClF4N. The summed E-state index contributed by atoms with van der Waals surface area (Å²) < 4.78 is 49.5. The van der Waals surface area contributed by atoms with Crippen molar-refractivity contribution in [1.29, 1.82) is 0 Å². The van der Waals surface area contributed by atoms with Gasteiger partial charge < -0.3 is 5.73 Å². The van der Waals surface area contributed by atoms with Gasteiger partial charge in [0.05, 0.1) is 5.02 Å². The molecule has 6 heteroatoms. The van der Waals surface area contributed by atoms with E-state index in [-0.39, 0.29) is 17.0 Å². The predicted octanol–water partition coefficient (Wildman–Crippen LogP) is 4.13. The van der Waals surface area contributed by atoms with Crippen molar-refractivity contribution in [2.75, 3.05) is 0 Å². The minimum absolute atomic E-state index is 0.0454. The second-order valence-electron chi connectivity index (χ2n) is 3.85. The van der Waals surface area contributed by atoms with Crippen LogP contribution in [0.1, 0.15) is 30.0 Å². The molecule has 1 aromatic carbocycles. The zero-order chi connectivity index (χ0) is 13.2. The van der Waals surface area contributed by atoms with E-state index < -0.39 is 24.5 Å². The molecular weight excluding hydrogens is 258 g/mol. The van der Waals surface area contributed by atoms with Gasteiger partial charge in [0.25, 0.3) is 0 Å². The summed E-state index contributed by atoms with van der Waals surface area (Å²) in [6.45, 7) is 1.64. The van der Waals surface area contributed by atoms with Gasteiger partial charge >= 0.3 is 6.18 Å². The summed E-state index contributed by atoms with van der Waals surface area (Å²) in [5.74, 6) is -0.671. The van der Waals surface area contributed by atoms with Crippen molar-refractivity contribution < 1.29 is 17.6 Å². The van der Waals surface area contributed by atoms with Crippen LogP contribution in [0.3, 0.4) is 0 Å². The molecule has 0 saturated carbocycles. The lowest BCUT2D eigenvalue weighted by molar-refractivity contribution is -0.136. The zero-order valence-corrected chi connectivity index (χ0v) is 9.87. The molecule has 1 rings (SSSR count). The van der Waals surface area contributed by atoms with E-state index in [4.69, 9.17) is 17.3 Å². The molecule has 0 saturated heterocycles. The highest BCUT2D eigenvalue weighted by Crippen LogP contribution is 2.32. The van der Waals surface area contributed by atoms with Crippen molar-refractivity contribution in [3.05, 3.63) is 34.1 Å². The number of rotatable bonds is 3. The van der Waals surface area contributed by atoms with E-state index in [0.717, 1.165) is 6.07 Å². The summed E-state index contributed by atoms with van der Waals surface area (Å²) in [7, 11) is 0. The second-order valence-corrected chi connectivity index (χ2v) is 4.23. The van der Waals surface area contributed by atoms with Crippen LogP contribution in [0, 0.1) is 12.7 Å². The van der Waals surface area contributed by atoms with Gasteiger partial charge in [-0.15, -0.1) is 0 Å². The average Bonchev–Trinajstić information content (AvgIpc) is 2.20. The number of hydrogen-bond acceptors (Lipinski definition) is 1. The molecule has 1 nitrogen and oxygen atoms in total. The van der Waals surface area contributed by atoms with Crippen molar-refractivity contribution in [2.45, 2.75) is 32.0 Å². The van der Waals surface area contributed by atoms with E-state index in [2.05, 4.69) is 0 Å². The monoisotopic (exact) mass is 269 g/mol. The maximum Gasteiger partial charge on any atom is 0.389 e. The molecule has 0 spiro atoms. The Bertz CT molecular complexity index is 403.